The van der Waals surface area contributed by atoms with Crippen LogP contribution < -0.4 is 37.2 Å². The molecule has 7 amide bonds. The summed E-state index contributed by atoms with van der Waals surface area (Å²) in [7, 11) is 0. The maximum atomic E-state index is 13.8. The number of ether oxygens (including phenoxy) is 1. The molecule has 0 bridgehead atoms. The lowest BCUT2D eigenvalue weighted by atomic mass is 9.98. The topological polar surface area (TPSA) is 230 Å². The van der Waals surface area contributed by atoms with Gasteiger partial charge in [0.25, 0.3) is 0 Å². The molecule has 0 radical (unpaired) electrons. The van der Waals surface area contributed by atoms with E-state index >= 15 is 0 Å². The van der Waals surface area contributed by atoms with Crippen LogP contribution in [0, 0.1) is 23.7 Å². The van der Waals surface area contributed by atoms with Gasteiger partial charge in [-0.2, -0.15) is 0 Å². The van der Waals surface area contributed by atoms with E-state index in [1.54, 1.807) is 6.92 Å². The standard InChI is InChI=1S/C38H67N7O9/c1-13-14-30(46)45-31-25(12)54-38(53)24(11)40-33(48)26(15-19(2)3)42-35(50)28(17-21(6)7)44-36(51)29(18-22(8)9)43-34(49)27(16-20(4)5)41-32(47)23(10)39-37(31)52/h19-29,31H,13-18H2,1-12H3,(H,39,52)(H,40,48)(H,41,47)(H,42,50)(H,43,49)(H,44,51)(H,45,46)/t23-,24-,25+,26?,27?,28?,29?,31-/m0/s1. The molecule has 54 heavy (non-hydrogen) atoms. The van der Waals surface area contributed by atoms with Crippen molar-refractivity contribution in [3.05, 3.63) is 0 Å². The third kappa shape index (κ3) is 16.8. The number of hydrogen-bond donors (Lipinski definition) is 7. The molecule has 0 aromatic heterocycles. The summed E-state index contributed by atoms with van der Waals surface area (Å²) >= 11 is 0. The summed E-state index contributed by atoms with van der Waals surface area (Å²) < 4.78 is 5.55. The molecule has 1 rings (SSSR count). The number of rotatable bonds is 11. The molecule has 1 aliphatic heterocycles. The Bertz CT molecular complexity index is 1320. The molecule has 0 aliphatic carbocycles. The lowest BCUT2D eigenvalue weighted by Gasteiger charge is -2.30. The van der Waals surface area contributed by atoms with E-state index < -0.39 is 95.7 Å². The minimum absolute atomic E-state index is 0.0457. The maximum absolute atomic E-state index is 13.8. The first-order valence-electron chi connectivity index (χ1n) is 19.4. The third-order valence-electron chi connectivity index (χ3n) is 8.67. The van der Waals surface area contributed by atoms with Crippen molar-refractivity contribution in [2.45, 2.75) is 170 Å². The van der Waals surface area contributed by atoms with Gasteiger partial charge in [-0.15, -0.1) is 0 Å². The lowest BCUT2D eigenvalue weighted by molar-refractivity contribution is -0.155. The summed E-state index contributed by atoms with van der Waals surface area (Å²) in [5.41, 5.74) is 0. The number of carbonyl (C=O) groups excluding carboxylic acids is 8. The summed E-state index contributed by atoms with van der Waals surface area (Å²) in [5, 5.41) is 18.7. The number of nitrogens with one attached hydrogen (secondary N) is 7. The molecule has 8 atom stereocenters. The SMILES string of the molecule is CCCC(=O)N[C@@H]1C(=O)N[C@@H](C)C(=O)NC(CC(C)C)C(=O)NC(CC(C)C)C(=O)NC(CC(C)C)C(=O)NC(CC(C)C)C(=O)N[C@@H](C)C(=O)O[C@@H]1C. The molecule has 16 nitrogen and oxygen atoms in total. The van der Waals surface area contributed by atoms with E-state index in [9.17, 15) is 38.4 Å². The zero-order chi connectivity index (χ0) is 41.4. The highest BCUT2D eigenvalue weighted by Gasteiger charge is 2.36. The Labute approximate surface area is 320 Å². The number of carbonyl (C=O) groups is 8. The van der Waals surface area contributed by atoms with Crippen molar-refractivity contribution in [2.75, 3.05) is 0 Å². The molecule has 16 heteroatoms. The molecule has 1 heterocycles. The van der Waals surface area contributed by atoms with E-state index in [1.165, 1.54) is 20.8 Å². The molecule has 1 fully saturated rings. The molecule has 4 unspecified atom stereocenters. The summed E-state index contributed by atoms with van der Waals surface area (Å²) in [6.45, 7) is 20.9. The minimum atomic E-state index is -1.42. The fraction of sp³-hybridized carbons (Fsp3) is 0.789. The minimum Gasteiger partial charge on any atom is -0.458 e. The summed E-state index contributed by atoms with van der Waals surface area (Å²) in [6, 6.07) is -8.17. The monoisotopic (exact) mass is 766 g/mol. The largest absolute Gasteiger partial charge is 0.458 e. The second-order valence-electron chi connectivity index (χ2n) is 16.2. The average molecular weight is 766 g/mol. The Morgan fingerprint density at radius 3 is 1.22 bits per heavy atom. The van der Waals surface area contributed by atoms with Gasteiger partial charge in [-0.1, -0.05) is 62.3 Å². The first kappa shape index (κ1) is 47.8. The van der Waals surface area contributed by atoms with Gasteiger partial charge in [-0.25, -0.2) is 4.79 Å². The molecule has 0 aromatic rings. The molecule has 0 saturated carbocycles. The van der Waals surface area contributed by atoms with E-state index in [0.29, 0.717) is 6.42 Å². The predicted molar refractivity (Wildman–Crippen MR) is 203 cm³/mol. The number of esters is 1. The molecule has 0 aromatic carbocycles. The van der Waals surface area contributed by atoms with Gasteiger partial charge in [-0.05, 0) is 76.5 Å². The van der Waals surface area contributed by atoms with Gasteiger partial charge in [0, 0.05) is 6.42 Å². The van der Waals surface area contributed by atoms with Gasteiger partial charge < -0.3 is 42.0 Å². The molecule has 7 N–H and O–H groups in total. The van der Waals surface area contributed by atoms with Gasteiger partial charge >= 0.3 is 5.97 Å². The first-order chi connectivity index (χ1) is 25.0. The number of hydrogen-bond acceptors (Lipinski definition) is 9. The van der Waals surface area contributed by atoms with Gasteiger partial charge in [0.1, 0.15) is 48.4 Å². The second kappa shape index (κ2) is 22.9. The normalized spacial score (nSPS) is 27.5. The van der Waals surface area contributed by atoms with Crippen molar-refractivity contribution in [3.63, 3.8) is 0 Å². The van der Waals surface area contributed by atoms with Gasteiger partial charge in [0.05, 0.1) is 0 Å². The Kier molecular flexibility index (Phi) is 20.2. The molecular formula is C38H67N7O9. The van der Waals surface area contributed by atoms with Crippen LogP contribution in [0.1, 0.15) is 122 Å². The number of amides is 7. The van der Waals surface area contributed by atoms with Crippen LogP contribution in [0.2, 0.25) is 0 Å². The van der Waals surface area contributed by atoms with Gasteiger partial charge in [-0.3, -0.25) is 33.6 Å². The quantitative estimate of drug-likeness (QED) is 0.150. The highest BCUT2D eigenvalue weighted by Crippen LogP contribution is 2.13. The van der Waals surface area contributed by atoms with Crippen molar-refractivity contribution in [1.29, 1.82) is 0 Å². The summed E-state index contributed by atoms with van der Waals surface area (Å²) in [4.78, 5) is 108. The summed E-state index contributed by atoms with van der Waals surface area (Å²) in [6.07, 6.45) is 0.163. The van der Waals surface area contributed by atoms with Crippen molar-refractivity contribution >= 4 is 47.3 Å². The van der Waals surface area contributed by atoms with Crippen LogP contribution in [-0.4, -0.2) is 95.7 Å². The molecule has 308 valence electrons. The van der Waals surface area contributed by atoms with Crippen molar-refractivity contribution in [1.82, 2.24) is 37.2 Å². The Balaban J connectivity index is 3.75. The molecular weight excluding hydrogens is 698 g/mol. The van der Waals surface area contributed by atoms with E-state index in [0.717, 1.165) is 0 Å². The fourth-order valence-electron chi connectivity index (χ4n) is 5.89. The van der Waals surface area contributed by atoms with Crippen LogP contribution in [0.3, 0.4) is 0 Å². The molecule has 1 aliphatic rings. The van der Waals surface area contributed by atoms with E-state index in [2.05, 4.69) is 37.2 Å². The van der Waals surface area contributed by atoms with Crippen LogP contribution in [0.15, 0.2) is 0 Å². The van der Waals surface area contributed by atoms with Crippen molar-refractivity contribution in [3.8, 4) is 0 Å². The van der Waals surface area contributed by atoms with Crippen LogP contribution >= 0.6 is 0 Å². The van der Waals surface area contributed by atoms with Crippen LogP contribution in [0.25, 0.3) is 0 Å². The van der Waals surface area contributed by atoms with E-state index in [1.807, 2.05) is 55.4 Å². The average Bonchev–Trinajstić information content (AvgIpc) is 3.04. The predicted octanol–water partition coefficient (Wildman–Crippen LogP) is 1.35. The van der Waals surface area contributed by atoms with Crippen molar-refractivity contribution < 1.29 is 43.1 Å². The van der Waals surface area contributed by atoms with Crippen LogP contribution in [0.5, 0.6) is 0 Å². The first-order valence-corrected chi connectivity index (χ1v) is 19.4. The highest BCUT2D eigenvalue weighted by molar-refractivity contribution is 5.97. The van der Waals surface area contributed by atoms with E-state index in [4.69, 9.17) is 4.74 Å². The molecule has 0 spiro atoms. The third-order valence-corrected chi connectivity index (χ3v) is 8.67. The highest BCUT2D eigenvalue weighted by atomic mass is 16.5. The second-order valence-corrected chi connectivity index (χ2v) is 16.2. The van der Waals surface area contributed by atoms with Crippen molar-refractivity contribution in [2.24, 2.45) is 23.7 Å². The summed E-state index contributed by atoms with van der Waals surface area (Å²) in [5.74, 6) is -5.67. The van der Waals surface area contributed by atoms with E-state index in [-0.39, 0.29) is 55.8 Å². The van der Waals surface area contributed by atoms with Crippen LogP contribution in [-0.2, 0) is 43.1 Å². The Hall–Kier alpha value is -4.24. The lowest BCUT2D eigenvalue weighted by Crippen LogP contribution is -2.61. The number of cyclic esters (lactones) is 1. The zero-order valence-corrected chi connectivity index (χ0v) is 34.3. The van der Waals surface area contributed by atoms with Crippen LogP contribution in [0.4, 0.5) is 0 Å². The fourth-order valence-corrected chi connectivity index (χ4v) is 5.89. The van der Waals surface area contributed by atoms with Gasteiger partial charge in [0.2, 0.25) is 41.4 Å². The smallest absolute Gasteiger partial charge is 0.328 e. The zero-order valence-electron chi connectivity index (χ0n) is 34.3. The maximum Gasteiger partial charge on any atom is 0.328 e. The molecule has 1 saturated heterocycles. The Morgan fingerprint density at radius 2 is 0.870 bits per heavy atom. The van der Waals surface area contributed by atoms with Gasteiger partial charge in [0.15, 0.2) is 0 Å². The Morgan fingerprint density at radius 1 is 0.537 bits per heavy atom.